The molecule has 0 saturated carbocycles. The van der Waals surface area contributed by atoms with Crippen LogP contribution in [0.15, 0.2) is 5.57 Å². The zero-order chi connectivity index (χ0) is 8.91. The summed E-state index contributed by atoms with van der Waals surface area (Å²) in [5.74, 6) is 1.34. The Kier molecular flexibility index (Phi) is 4.03. The van der Waals surface area contributed by atoms with Crippen molar-refractivity contribution in [3.8, 4) is 0 Å². The fraction of sp³-hybridized carbons (Fsp3) is 0.667. The summed E-state index contributed by atoms with van der Waals surface area (Å²) in [4.78, 5) is 9.89. The highest BCUT2D eigenvalue weighted by Gasteiger charge is 2.03. The molecule has 0 amide bonds. The van der Waals surface area contributed by atoms with Crippen molar-refractivity contribution in [1.82, 2.24) is 0 Å². The standard InChI is InChI=1S/C6H10O4S/c1-6(5-7)3-2-4-11(8,9)10/h2-4H2,1H3,(H,8,9,10). The van der Waals surface area contributed by atoms with E-state index < -0.39 is 10.1 Å². The lowest BCUT2D eigenvalue weighted by molar-refractivity contribution is 0.481. The molecule has 0 aliphatic carbocycles. The molecule has 0 fully saturated rings. The lowest BCUT2D eigenvalue weighted by atomic mass is 10.2. The third-order valence-corrected chi connectivity index (χ3v) is 1.93. The van der Waals surface area contributed by atoms with E-state index in [9.17, 15) is 13.2 Å². The van der Waals surface area contributed by atoms with E-state index in [2.05, 4.69) is 0 Å². The van der Waals surface area contributed by atoms with E-state index in [1.165, 1.54) is 0 Å². The highest BCUT2D eigenvalue weighted by molar-refractivity contribution is 7.85. The zero-order valence-corrected chi connectivity index (χ0v) is 7.02. The van der Waals surface area contributed by atoms with Gasteiger partial charge in [0.15, 0.2) is 0 Å². The second-order valence-corrected chi connectivity index (χ2v) is 3.84. The van der Waals surface area contributed by atoms with Gasteiger partial charge in [0.2, 0.25) is 0 Å². The first kappa shape index (κ1) is 10.4. The molecule has 5 heteroatoms. The molecule has 1 N–H and O–H groups in total. The quantitative estimate of drug-likeness (QED) is 0.500. The highest BCUT2D eigenvalue weighted by atomic mass is 32.2. The fourth-order valence-corrected chi connectivity index (χ4v) is 1.08. The first-order valence-corrected chi connectivity index (χ1v) is 4.72. The van der Waals surface area contributed by atoms with Gasteiger partial charge in [-0.15, -0.1) is 0 Å². The van der Waals surface area contributed by atoms with E-state index >= 15 is 0 Å². The van der Waals surface area contributed by atoms with Crippen molar-refractivity contribution in [2.45, 2.75) is 19.8 Å². The monoisotopic (exact) mass is 178 g/mol. The van der Waals surface area contributed by atoms with Crippen LogP contribution in [-0.2, 0) is 14.9 Å². The van der Waals surface area contributed by atoms with Crippen LogP contribution in [0.4, 0.5) is 0 Å². The maximum atomic E-state index is 10.1. The minimum absolute atomic E-state index is 0.264. The molecule has 0 bridgehead atoms. The van der Waals surface area contributed by atoms with Crippen LogP contribution in [0.25, 0.3) is 0 Å². The van der Waals surface area contributed by atoms with Gasteiger partial charge in [-0.25, -0.2) is 4.79 Å². The Morgan fingerprint density at radius 2 is 2.09 bits per heavy atom. The Labute approximate surface area is 65.7 Å². The Balaban J connectivity index is 3.69. The largest absolute Gasteiger partial charge is 0.286 e. The van der Waals surface area contributed by atoms with Crippen molar-refractivity contribution in [1.29, 1.82) is 0 Å². The number of rotatable bonds is 4. The molecule has 0 saturated heterocycles. The molecular weight excluding hydrogens is 168 g/mol. The van der Waals surface area contributed by atoms with Gasteiger partial charge in [-0.05, 0) is 19.8 Å². The van der Waals surface area contributed by atoms with Gasteiger partial charge in [0, 0.05) is 5.57 Å². The van der Waals surface area contributed by atoms with Gasteiger partial charge in [0.25, 0.3) is 10.1 Å². The molecule has 11 heavy (non-hydrogen) atoms. The molecule has 0 aromatic carbocycles. The predicted octanol–water partition coefficient (Wildman–Crippen LogP) is 0.432. The summed E-state index contributed by atoms with van der Waals surface area (Å²) in [6, 6.07) is 0. The first-order valence-electron chi connectivity index (χ1n) is 3.11. The molecule has 0 heterocycles. The van der Waals surface area contributed by atoms with Crippen molar-refractivity contribution in [3.63, 3.8) is 0 Å². The van der Waals surface area contributed by atoms with Crippen LogP contribution in [0.5, 0.6) is 0 Å². The molecular formula is C6H10O4S. The molecule has 0 aromatic rings. The minimum Gasteiger partial charge on any atom is -0.286 e. The van der Waals surface area contributed by atoms with Crippen LogP contribution in [0.2, 0.25) is 0 Å². The average molecular weight is 178 g/mol. The van der Waals surface area contributed by atoms with Crippen LogP contribution in [0.3, 0.4) is 0 Å². The molecule has 4 nitrogen and oxygen atoms in total. The van der Waals surface area contributed by atoms with Crippen LogP contribution in [0, 0.1) is 0 Å². The van der Waals surface area contributed by atoms with Crippen molar-refractivity contribution in [3.05, 3.63) is 5.57 Å². The smallest absolute Gasteiger partial charge is 0.264 e. The van der Waals surface area contributed by atoms with Crippen molar-refractivity contribution < 1.29 is 17.8 Å². The summed E-state index contributed by atoms with van der Waals surface area (Å²) in [7, 11) is -3.87. The van der Waals surface area contributed by atoms with E-state index in [1.807, 2.05) is 0 Å². The minimum atomic E-state index is -3.87. The van der Waals surface area contributed by atoms with Crippen LogP contribution < -0.4 is 0 Å². The maximum Gasteiger partial charge on any atom is 0.264 e. The van der Waals surface area contributed by atoms with Crippen molar-refractivity contribution >= 4 is 16.1 Å². The lowest BCUT2D eigenvalue weighted by Crippen LogP contribution is -2.03. The fourth-order valence-electron chi connectivity index (χ4n) is 0.571. The third-order valence-electron chi connectivity index (χ3n) is 1.13. The summed E-state index contributed by atoms with van der Waals surface area (Å²) < 4.78 is 28.6. The zero-order valence-electron chi connectivity index (χ0n) is 6.20. The van der Waals surface area contributed by atoms with Gasteiger partial charge in [-0.1, -0.05) is 0 Å². The molecule has 0 aliphatic heterocycles. The van der Waals surface area contributed by atoms with Gasteiger partial charge in [-0.3, -0.25) is 4.55 Å². The Morgan fingerprint density at radius 3 is 2.45 bits per heavy atom. The first-order chi connectivity index (χ1) is 4.95. The number of hydrogen-bond donors (Lipinski definition) is 1. The number of carbonyl (C=O) groups excluding carboxylic acids is 1. The van der Waals surface area contributed by atoms with Gasteiger partial charge in [0.05, 0.1) is 5.75 Å². The van der Waals surface area contributed by atoms with E-state index in [0.717, 1.165) is 0 Å². The van der Waals surface area contributed by atoms with Crippen LogP contribution >= 0.6 is 0 Å². The summed E-state index contributed by atoms with van der Waals surface area (Å²) >= 11 is 0. The van der Waals surface area contributed by atoms with E-state index in [4.69, 9.17) is 4.55 Å². The highest BCUT2D eigenvalue weighted by Crippen LogP contribution is 2.00. The maximum absolute atomic E-state index is 10.1. The summed E-state index contributed by atoms with van der Waals surface area (Å²) in [6.07, 6.45) is 0.628. The molecule has 0 spiro atoms. The van der Waals surface area contributed by atoms with E-state index in [1.54, 1.807) is 12.9 Å². The van der Waals surface area contributed by atoms with Crippen LogP contribution in [-0.4, -0.2) is 24.7 Å². The Hall–Kier alpha value is -0.640. The number of allylic oxidation sites excluding steroid dienone is 1. The molecule has 64 valence electrons. The molecule has 0 aromatic heterocycles. The second-order valence-electron chi connectivity index (χ2n) is 2.27. The number of hydrogen-bond acceptors (Lipinski definition) is 3. The van der Waals surface area contributed by atoms with Crippen LogP contribution in [0.1, 0.15) is 19.8 Å². The van der Waals surface area contributed by atoms with Gasteiger partial charge in [-0.2, -0.15) is 8.42 Å². The van der Waals surface area contributed by atoms with Gasteiger partial charge >= 0.3 is 0 Å². The summed E-state index contributed by atoms with van der Waals surface area (Å²) in [6.45, 7) is 1.57. The molecule has 0 atom stereocenters. The predicted molar refractivity (Wildman–Crippen MR) is 40.5 cm³/mol. The molecule has 0 radical (unpaired) electrons. The van der Waals surface area contributed by atoms with E-state index in [0.29, 0.717) is 12.0 Å². The third kappa shape index (κ3) is 7.25. The summed E-state index contributed by atoms with van der Waals surface area (Å²) in [5.41, 5.74) is 0.466. The normalized spacial score (nSPS) is 10.7. The molecule has 0 unspecified atom stereocenters. The molecule has 0 aliphatic rings. The van der Waals surface area contributed by atoms with E-state index in [-0.39, 0.29) is 12.2 Å². The summed E-state index contributed by atoms with van der Waals surface area (Å²) in [5, 5.41) is 0. The Bertz CT molecular complexity index is 258. The SMILES string of the molecule is CC(=C=O)CCCS(=O)(=O)O. The topological polar surface area (TPSA) is 71.4 Å². The van der Waals surface area contributed by atoms with Gasteiger partial charge < -0.3 is 0 Å². The molecule has 0 rings (SSSR count). The Morgan fingerprint density at radius 1 is 1.55 bits per heavy atom. The second kappa shape index (κ2) is 4.28. The van der Waals surface area contributed by atoms with Gasteiger partial charge in [0.1, 0.15) is 5.94 Å². The van der Waals surface area contributed by atoms with Crippen molar-refractivity contribution in [2.75, 3.05) is 5.75 Å². The van der Waals surface area contributed by atoms with Crippen molar-refractivity contribution in [2.24, 2.45) is 0 Å². The lowest BCUT2D eigenvalue weighted by Gasteiger charge is -1.94. The average Bonchev–Trinajstić information content (AvgIpc) is 1.85.